The van der Waals surface area contributed by atoms with Crippen molar-refractivity contribution >= 4 is 11.8 Å². The Balaban J connectivity index is 1.64. The van der Waals surface area contributed by atoms with Crippen LogP contribution in [-0.4, -0.2) is 62.3 Å². The Labute approximate surface area is 219 Å². The number of benzene rings is 2. The molecule has 2 aromatic rings. The van der Waals surface area contributed by atoms with Crippen LogP contribution in [0.15, 0.2) is 48.5 Å². The van der Waals surface area contributed by atoms with E-state index in [2.05, 4.69) is 5.32 Å². The highest BCUT2D eigenvalue weighted by molar-refractivity contribution is 5.91. The van der Waals surface area contributed by atoms with Crippen LogP contribution in [0.2, 0.25) is 0 Å². The summed E-state index contributed by atoms with van der Waals surface area (Å²) in [6.45, 7) is 3.42. The molecule has 1 N–H and O–H groups in total. The van der Waals surface area contributed by atoms with Gasteiger partial charge in [-0.25, -0.2) is 0 Å². The molecule has 1 saturated carbocycles. The van der Waals surface area contributed by atoms with Crippen LogP contribution in [-0.2, 0) is 14.3 Å². The molecule has 1 heterocycles. The van der Waals surface area contributed by atoms with Gasteiger partial charge in [-0.3, -0.25) is 9.59 Å². The molecule has 0 spiro atoms. The van der Waals surface area contributed by atoms with E-state index in [9.17, 15) is 9.59 Å². The highest BCUT2D eigenvalue weighted by atomic mass is 16.6. The fourth-order valence-electron chi connectivity index (χ4n) is 4.99. The van der Waals surface area contributed by atoms with Gasteiger partial charge in [0.1, 0.15) is 18.4 Å². The molecule has 37 heavy (non-hydrogen) atoms. The molecule has 4 rings (SSSR count). The minimum Gasteiger partial charge on any atom is -0.497 e. The SMILES string of the molecule is CCOCCCN(C(=O)[C@@H]1COc2ccccc2O1)[C@@H](C(=O)NC1CCCCC1)c1cccc(OC)c1. The van der Waals surface area contributed by atoms with E-state index < -0.39 is 12.1 Å². The molecule has 2 atom stereocenters. The number of carbonyl (C=O) groups excluding carboxylic acids is 2. The Bertz CT molecular complexity index is 1040. The third kappa shape index (κ3) is 6.95. The van der Waals surface area contributed by atoms with Crippen LogP contribution < -0.4 is 19.5 Å². The third-order valence-corrected chi connectivity index (χ3v) is 6.88. The van der Waals surface area contributed by atoms with Crippen LogP contribution >= 0.6 is 0 Å². The Morgan fingerprint density at radius 2 is 1.86 bits per heavy atom. The molecule has 0 unspecified atom stereocenters. The number of hydrogen-bond acceptors (Lipinski definition) is 6. The van der Waals surface area contributed by atoms with Crippen molar-refractivity contribution in [2.24, 2.45) is 0 Å². The summed E-state index contributed by atoms with van der Waals surface area (Å²) in [6, 6.07) is 13.9. The Hall–Kier alpha value is -3.26. The fraction of sp³-hybridized carbons (Fsp3) is 0.517. The van der Waals surface area contributed by atoms with Crippen molar-refractivity contribution in [2.75, 3.05) is 33.5 Å². The largest absolute Gasteiger partial charge is 0.497 e. The van der Waals surface area contributed by atoms with E-state index in [0.29, 0.717) is 49.0 Å². The molecule has 2 amide bonds. The zero-order chi connectivity index (χ0) is 26.0. The first-order chi connectivity index (χ1) is 18.1. The van der Waals surface area contributed by atoms with Crippen molar-refractivity contribution in [2.45, 2.75) is 63.6 Å². The number of rotatable bonds is 11. The molecule has 0 saturated heterocycles. The number of fused-ring (bicyclic) bond motifs is 1. The van der Waals surface area contributed by atoms with Gasteiger partial charge >= 0.3 is 0 Å². The van der Waals surface area contributed by atoms with Crippen molar-refractivity contribution in [3.8, 4) is 17.2 Å². The molecular formula is C29H38N2O6. The predicted octanol–water partition coefficient (Wildman–Crippen LogP) is 4.28. The molecule has 2 aromatic carbocycles. The third-order valence-electron chi connectivity index (χ3n) is 6.88. The molecule has 0 radical (unpaired) electrons. The van der Waals surface area contributed by atoms with Crippen LogP contribution in [0.3, 0.4) is 0 Å². The van der Waals surface area contributed by atoms with Crippen molar-refractivity contribution in [1.29, 1.82) is 0 Å². The molecule has 1 fully saturated rings. The van der Waals surface area contributed by atoms with Crippen molar-refractivity contribution < 1.29 is 28.5 Å². The number of nitrogens with zero attached hydrogens (tertiary/aromatic N) is 1. The Kier molecular flexibility index (Phi) is 9.65. The molecule has 8 heteroatoms. The summed E-state index contributed by atoms with van der Waals surface area (Å²) >= 11 is 0. The lowest BCUT2D eigenvalue weighted by atomic mass is 9.94. The smallest absolute Gasteiger partial charge is 0.268 e. The number of para-hydroxylation sites is 2. The topological polar surface area (TPSA) is 86.3 Å². The maximum absolute atomic E-state index is 14.0. The first-order valence-electron chi connectivity index (χ1n) is 13.3. The molecule has 0 bridgehead atoms. The lowest BCUT2D eigenvalue weighted by molar-refractivity contribution is -0.149. The average molecular weight is 511 g/mol. The van der Waals surface area contributed by atoms with E-state index >= 15 is 0 Å². The van der Waals surface area contributed by atoms with E-state index in [-0.39, 0.29) is 24.5 Å². The van der Waals surface area contributed by atoms with Gasteiger partial charge < -0.3 is 29.2 Å². The summed E-state index contributed by atoms with van der Waals surface area (Å²) in [7, 11) is 1.59. The van der Waals surface area contributed by atoms with E-state index in [1.54, 1.807) is 18.1 Å². The first-order valence-corrected chi connectivity index (χ1v) is 13.3. The van der Waals surface area contributed by atoms with Gasteiger partial charge in [0, 0.05) is 25.8 Å². The second-order valence-corrected chi connectivity index (χ2v) is 9.47. The second-order valence-electron chi connectivity index (χ2n) is 9.47. The maximum atomic E-state index is 14.0. The van der Waals surface area contributed by atoms with Gasteiger partial charge in [-0.05, 0) is 56.0 Å². The number of nitrogens with one attached hydrogen (secondary N) is 1. The van der Waals surface area contributed by atoms with E-state index in [1.165, 1.54) is 6.42 Å². The summed E-state index contributed by atoms with van der Waals surface area (Å²) in [6.07, 6.45) is 5.00. The summed E-state index contributed by atoms with van der Waals surface area (Å²) in [5, 5.41) is 3.23. The van der Waals surface area contributed by atoms with Gasteiger partial charge in [-0.2, -0.15) is 0 Å². The van der Waals surface area contributed by atoms with Gasteiger partial charge in [0.25, 0.3) is 5.91 Å². The van der Waals surface area contributed by atoms with Gasteiger partial charge in [0.15, 0.2) is 11.5 Å². The lowest BCUT2D eigenvalue weighted by Crippen LogP contribution is -2.52. The second kappa shape index (κ2) is 13.3. The van der Waals surface area contributed by atoms with Crippen LogP contribution in [0, 0.1) is 0 Å². The van der Waals surface area contributed by atoms with Gasteiger partial charge in [-0.15, -0.1) is 0 Å². The number of methoxy groups -OCH3 is 1. The van der Waals surface area contributed by atoms with Gasteiger partial charge in [0.05, 0.1) is 7.11 Å². The van der Waals surface area contributed by atoms with Crippen molar-refractivity contribution in [1.82, 2.24) is 10.2 Å². The number of hydrogen-bond donors (Lipinski definition) is 1. The van der Waals surface area contributed by atoms with Crippen LogP contribution in [0.25, 0.3) is 0 Å². The van der Waals surface area contributed by atoms with Gasteiger partial charge in [0.2, 0.25) is 12.0 Å². The Morgan fingerprint density at radius 1 is 1.08 bits per heavy atom. The molecule has 0 aromatic heterocycles. The van der Waals surface area contributed by atoms with E-state index in [1.807, 2.05) is 49.4 Å². The van der Waals surface area contributed by atoms with Crippen LogP contribution in [0.4, 0.5) is 0 Å². The maximum Gasteiger partial charge on any atom is 0.268 e. The summed E-state index contributed by atoms with van der Waals surface area (Å²) in [5.41, 5.74) is 0.689. The Morgan fingerprint density at radius 3 is 2.62 bits per heavy atom. The minimum absolute atomic E-state index is 0.0763. The molecule has 1 aliphatic carbocycles. The number of carbonyl (C=O) groups is 2. The van der Waals surface area contributed by atoms with E-state index in [0.717, 1.165) is 25.7 Å². The molecular weight excluding hydrogens is 472 g/mol. The zero-order valence-corrected chi connectivity index (χ0v) is 21.8. The first kappa shape index (κ1) is 26.8. The fourth-order valence-corrected chi connectivity index (χ4v) is 4.99. The standard InChI is InChI=1S/C29H38N2O6/c1-3-35-18-10-17-31(29(33)26-20-36-24-15-7-8-16-25(24)37-26)27(21-11-9-14-23(19-21)34-2)28(32)30-22-12-5-4-6-13-22/h7-9,11,14-16,19,22,26-27H,3-6,10,12-13,17-18,20H2,1-2H3,(H,30,32)/t26-,27+/m0/s1. The monoisotopic (exact) mass is 510 g/mol. The normalized spacial score (nSPS) is 18.1. The van der Waals surface area contributed by atoms with Gasteiger partial charge in [-0.1, -0.05) is 43.5 Å². The summed E-state index contributed by atoms with van der Waals surface area (Å²) in [4.78, 5) is 29.5. The zero-order valence-electron chi connectivity index (χ0n) is 21.8. The van der Waals surface area contributed by atoms with Crippen molar-refractivity contribution in [3.63, 3.8) is 0 Å². The van der Waals surface area contributed by atoms with Crippen molar-refractivity contribution in [3.05, 3.63) is 54.1 Å². The highest BCUT2D eigenvalue weighted by Gasteiger charge is 2.38. The minimum atomic E-state index is -0.863. The predicted molar refractivity (Wildman–Crippen MR) is 140 cm³/mol. The van der Waals surface area contributed by atoms with E-state index in [4.69, 9.17) is 18.9 Å². The average Bonchev–Trinajstić information content (AvgIpc) is 2.94. The summed E-state index contributed by atoms with van der Waals surface area (Å²) < 4.78 is 22.9. The summed E-state index contributed by atoms with van der Waals surface area (Å²) in [5.74, 6) is 1.26. The number of amides is 2. The molecule has 8 nitrogen and oxygen atoms in total. The molecule has 200 valence electrons. The highest BCUT2D eigenvalue weighted by Crippen LogP contribution is 2.33. The quantitative estimate of drug-likeness (QED) is 0.454. The molecule has 1 aliphatic heterocycles. The lowest BCUT2D eigenvalue weighted by Gasteiger charge is -2.36. The number of ether oxygens (including phenoxy) is 4. The molecule has 2 aliphatic rings. The van der Waals surface area contributed by atoms with Crippen LogP contribution in [0.1, 0.15) is 57.1 Å². The van der Waals surface area contributed by atoms with Crippen LogP contribution in [0.5, 0.6) is 17.2 Å².